The van der Waals surface area contributed by atoms with Crippen molar-refractivity contribution < 1.29 is 23.2 Å². The molecular weight excluding hydrogens is 389 g/mol. The number of nitrogens with zero attached hydrogens (tertiary/aromatic N) is 3. The van der Waals surface area contributed by atoms with Gasteiger partial charge in [-0.15, -0.1) is 0 Å². The standard InChI is InChI=1S/C22H24FN3O4/c23-18-5-3-16(4-6-18)7-8-26-15-17(14-20(26)27)21(28)24-9-11-25(12-10-24)22(29)19-2-1-13-30-19/h1-6,13,17H,7-12,14-15H2/t17-/m1/s1. The second kappa shape index (κ2) is 8.69. The van der Waals surface area contributed by atoms with Gasteiger partial charge in [0, 0.05) is 45.7 Å². The Labute approximate surface area is 174 Å². The Hall–Kier alpha value is -3.16. The van der Waals surface area contributed by atoms with Crippen LogP contribution in [0, 0.1) is 11.7 Å². The maximum atomic E-state index is 13.0. The Kier molecular flexibility index (Phi) is 5.83. The molecule has 0 unspecified atom stereocenters. The van der Waals surface area contributed by atoms with Crippen LogP contribution in [0.2, 0.25) is 0 Å². The fourth-order valence-corrected chi connectivity index (χ4v) is 4.01. The van der Waals surface area contributed by atoms with Gasteiger partial charge in [-0.1, -0.05) is 12.1 Å². The molecule has 1 atom stereocenters. The van der Waals surface area contributed by atoms with Crippen LogP contribution in [0.3, 0.4) is 0 Å². The summed E-state index contributed by atoms with van der Waals surface area (Å²) in [5.74, 6) is -0.562. The molecule has 0 aliphatic carbocycles. The SMILES string of the molecule is O=C1C[C@@H](C(=O)N2CCN(C(=O)c3ccco3)CC2)CN1CCc1ccc(F)cc1. The average Bonchev–Trinajstić information content (AvgIpc) is 3.43. The summed E-state index contributed by atoms with van der Waals surface area (Å²) in [5, 5.41) is 0. The van der Waals surface area contributed by atoms with E-state index in [0.717, 1.165) is 5.56 Å². The monoisotopic (exact) mass is 413 g/mol. The zero-order valence-electron chi connectivity index (χ0n) is 16.6. The van der Waals surface area contributed by atoms with Gasteiger partial charge in [-0.2, -0.15) is 0 Å². The van der Waals surface area contributed by atoms with Crippen LogP contribution in [0.15, 0.2) is 47.1 Å². The molecule has 3 amide bonds. The molecule has 1 aromatic heterocycles. The first-order valence-electron chi connectivity index (χ1n) is 10.1. The molecule has 1 aromatic carbocycles. The molecule has 0 radical (unpaired) electrons. The Bertz CT molecular complexity index is 905. The van der Waals surface area contributed by atoms with Crippen molar-refractivity contribution in [2.75, 3.05) is 39.3 Å². The first-order valence-corrected chi connectivity index (χ1v) is 10.1. The van der Waals surface area contributed by atoms with Crippen molar-refractivity contribution >= 4 is 17.7 Å². The Morgan fingerprint density at radius 1 is 1.03 bits per heavy atom. The van der Waals surface area contributed by atoms with Crippen LogP contribution < -0.4 is 0 Å². The van der Waals surface area contributed by atoms with Crippen LogP contribution in [0.25, 0.3) is 0 Å². The van der Waals surface area contributed by atoms with Crippen molar-refractivity contribution in [3.05, 3.63) is 59.8 Å². The number of amides is 3. The summed E-state index contributed by atoms with van der Waals surface area (Å²) in [4.78, 5) is 42.7. The van der Waals surface area contributed by atoms with E-state index in [0.29, 0.717) is 51.4 Å². The molecule has 158 valence electrons. The highest BCUT2D eigenvalue weighted by Gasteiger charge is 2.37. The molecule has 0 N–H and O–H groups in total. The highest BCUT2D eigenvalue weighted by molar-refractivity contribution is 5.92. The lowest BCUT2D eigenvalue weighted by Gasteiger charge is -2.35. The summed E-state index contributed by atoms with van der Waals surface area (Å²) in [6.45, 7) is 2.71. The van der Waals surface area contributed by atoms with E-state index in [1.807, 2.05) is 0 Å². The first kappa shape index (κ1) is 20.1. The molecule has 2 aliphatic rings. The number of hydrogen-bond donors (Lipinski definition) is 0. The summed E-state index contributed by atoms with van der Waals surface area (Å²) in [5.41, 5.74) is 0.955. The fraction of sp³-hybridized carbons (Fsp3) is 0.409. The van der Waals surface area contributed by atoms with Gasteiger partial charge in [-0.3, -0.25) is 14.4 Å². The molecule has 2 aromatic rings. The molecule has 0 bridgehead atoms. The third-order valence-corrected chi connectivity index (χ3v) is 5.76. The Morgan fingerprint density at radius 2 is 1.73 bits per heavy atom. The van der Waals surface area contributed by atoms with Gasteiger partial charge in [-0.25, -0.2) is 4.39 Å². The van der Waals surface area contributed by atoms with Crippen LogP contribution in [0.1, 0.15) is 22.5 Å². The molecule has 2 saturated heterocycles. The molecule has 8 heteroatoms. The van der Waals surface area contributed by atoms with Gasteiger partial charge in [-0.05, 0) is 36.2 Å². The Morgan fingerprint density at radius 3 is 2.40 bits per heavy atom. The van der Waals surface area contributed by atoms with Crippen molar-refractivity contribution in [1.82, 2.24) is 14.7 Å². The van der Waals surface area contributed by atoms with Crippen LogP contribution in [0.4, 0.5) is 4.39 Å². The number of piperazine rings is 1. The average molecular weight is 413 g/mol. The number of carbonyl (C=O) groups is 3. The highest BCUT2D eigenvalue weighted by Crippen LogP contribution is 2.22. The number of furan rings is 1. The lowest BCUT2D eigenvalue weighted by atomic mass is 10.1. The van der Waals surface area contributed by atoms with Gasteiger partial charge < -0.3 is 19.1 Å². The summed E-state index contributed by atoms with van der Waals surface area (Å²) in [6.07, 6.45) is 2.31. The van der Waals surface area contributed by atoms with Gasteiger partial charge >= 0.3 is 0 Å². The third-order valence-electron chi connectivity index (χ3n) is 5.76. The second-order valence-corrected chi connectivity index (χ2v) is 7.71. The molecule has 0 saturated carbocycles. The van der Waals surface area contributed by atoms with E-state index in [-0.39, 0.29) is 35.9 Å². The summed E-state index contributed by atoms with van der Waals surface area (Å²) in [7, 11) is 0. The number of likely N-dealkylation sites (tertiary alicyclic amines) is 1. The summed E-state index contributed by atoms with van der Waals surface area (Å²) < 4.78 is 18.2. The van der Waals surface area contributed by atoms with Crippen molar-refractivity contribution in [3.8, 4) is 0 Å². The molecule has 4 rings (SSSR count). The van der Waals surface area contributed by atoms with E-state index < -0.39 is 0 Å². The molecule has 3 heterocycles. The third kappa shape index (κ3) is 4.37. The Balaban J connectivity index is 1.26. The zero-order valence-corrected chi connectivity index (χ0v) is 16.6. The van der Waals surface area contributed by atoms with Gasteiger partial charge in [0.15, 0.2) is 5.76 Å². The number of carbonyl (C=O) groups excluding carboxylic acids is 3. The molecule has 0 spiro atoms. The largest absolute Gasteiger partial charge is 0.459 e. The second-order valence-electron chi connectivity index (χ2n) is 7.71. The van der Waals surface area contributed by atoms with E-state index in [1.165, 1.54) is 18.4 Å². The van der Waals surface area contributed by atoms with Crippen LogP contribution in [-0.4, -0.2) is 71.7 Å². The van der Waals surface area contributed by atoms with Crippen LogP contribution >= 0.6 is 0 Å². The van der Waals surface area contributed by atoms with Crippen LogP contribution in [0.5, 0.6) is 0 Å². The molecule has 2 fully saturated rings. The summed E-state index contributed by atoms with van der Waals surface area (Å²) >= 11 is 0. The number of benzene rings is 1. The lowest BCUT2D eigenvalue weighted by Crippen LogP contribution is -2.52. The van der Waals surface area contributed by atoms with E-state index in [4.69, 9.17) is 4.42 Å². The van der Waals surface area contributed by atoms with E-state index in [1.54, 1.807) is 39.0 Å². The quantitative estimate of drug-likeness (QED) is 0.749. The predicted octanol–water partition coefficient (Wildman–Crippen LogP) is 1.79. The fourth-order valence-electron chi connectivity index (χ4n) is 4.01. The predicted molar refractivity (Wildman–Crippen MR) is 106 cm³/mol. The first-order chi connectivity index (χ1) is 14.5. The maximum Gasteiger partial charge on any atom is 0.289 e. The minimum atomic E-state index is -0.349. The van der Waals surface area contributed by atoms with Gasteiger partial charge in [0.1, 0.15) is 5.82 Å². The van der Waals surface area contributed by atoms with Crippen molar-refractivity contribution in [2.45, 2.75) is 12.8 Å². The molecule has 7 nitrogen and oxygen atoms in total. The lowest BCUT2D eigenvalue weighted by molar-refractivity contribution is -0.137. The molecule has 30 heavy (non-hydrogen) atoms. The zero-order chi connectivity index (χ0) is 21.1. The van der Waals surface area contributed by atoms with Crippen molar-refractivity contribution in [3.63, 3.8) is 0 Å². The smallest absolute Gasteiger partial charge is 0.289 e. The number of halogens is 1. The minimum Gasteiger partial charge on any atom is -0.459 e. The van der Waals surface area contributed by atoms with Crippen molar-refractivity contribution in [2.24, 2.45) is 5.92 Å². The summed E-state index contributed by atoms with van der Waals surface area (Å²) in [6, 6.07) is 9.54. The van der Waals surface area contributed by atoms with Crippen LogP contribution in [-0.2, 0) is 16.0 Å². The van der Waals surface area contributed by atoms with E-state index in [2.05, 4.69) is 0 Å². The molecule has 2 aliphatic heterocycles. The topological polar surface area (TPSA) is 74.1 Å². The minimum absolute atomic E-state index is 0.0258. The number of rotatable bonds is 5. The van der Waals surface area contributed by atoms with Crippen molar-refractivity contribution in [1.29, 1.82) is 0 Å². The maximum absolute atomic E-state index is 13.0. The normalized spacial score (nSPS) is 19.4. The highest BCUT2D eigenvalue weighted by atomic mass is 19.1. The molecular formula is C22H24FN3O4. The van der Waals surface area contributed by atoms with E-state index in [9.17, 15) is 18.8 Å². The van der Waals surface area contributed by atoms with Gasteiger partial charge in [0.25, 0.3) is 5.91 Å². The number of hydrogen-bond acceptors (Lipinski definition) is 4. The van der Waals surface area contributed by atoms with Gasteiger partial charge in [0.05, 0.1) is 12.2 Å². The van der Waals surface area contributed by atoms with Gasteiger partial charge in [0.2, 0.25) is 11.8 Å². The van der Waals surface area contributed by atoms with E-state index >= 15 is 0 Å².